The van der Waals surface area contributed by atoms with E-state index in [4.69, 9.17) is 0 Å². The van der Waals surface area contributed by atoms with E-state index in [0.29, 0.717) is 16.3 Å². The van der Waals surface area contributed by atoms with Crippen molar-refractivity contribution in [3.05, 3.63) is 42.0 Å². The quantitative estimate of drug-likeness (QED) is 0.639. The molecular weight excluding hydrogens is 178 g/mol. The molecule has 0 bridgehead atoms. The van der Waals surface area contributed by atoms with Crippen molar-refractivity contribution in [2.75, 3.05) is 5.06 Å². The smallest absolute Gasteiger partial charge is 0.281 e. The van der Waals surface area contributed by atoms with Crippen LogP contribution in [0.25, 0.3) is 10.8 Å². The maximum absolute atomic E-state index is 11.6. The fraction of sp³-hybridized carbons (Fsp3) is 0. The number of hydroxylamine groups is 1. The Bertz CT molecular complexity index is 543. The van der Waals surface area contributed by atoms with Crippen LogP contribution in [0.15, 0.2) is 36.4 Å². The third kappa shape index (κ3) is 0.725. The van der Waals surface area contributed by atoms with Gasteiger partial charge in [0.05, 0.1) is 11.3 Å². The summed E-state index contributed by atoms with van der Waals surface area (Å²) in [6, 6.07) is 11.0. The molecule has 0 saturated heterocycles. The molecule has 0 spiro atoms. The molecule has 1 aliphatic heterocycles. The monoisotopic (exact) mass is 185 g/mol. The Balaban J connectivity index is 2.55. The van der Waals surface area contributed by atoms with Crippen molar-refractivity contribution < 1.29 is 10.0 Å². The number of amides is 1. The summed E-state index contributed by atoms with van der Waals surface area (Å²) in [5.74, 6) is -0.350. The van der Waals surface area contributed by atoms with Gasteiger partial charge in [-0.1, -0.05) is 24.3 Å². The topological polar surface area (TPSA) is 40.5 Å². The Morgan fingerprint density at radius 3 is 2.57 bits per heavy atom. The molecule has 2 aromatic carbocycles. The highest BCUT2D eigenvalue weighted by Gasteiger charge is 2.27. The van der Waals surface area contributed by atoms with Gasteiger partial charge in [0.15, 0.2) is 0 Å². The number of carbonyl (C=O) groups is 1. The van der Waals surface area contributed by atoms with Crippen molar-refractivity contribution in [2.24, 2.45) is 0 Å². The van der Waals surface area contributed by atoms with Gasteiger partial charge in [0, 0.05) is 5.39 Å². The largest absolute Gasteiger partial charge is 0.282 e. The van der Waals surface area contributed by atoms with Gasteiger partial charge < -0.3 is 0 Å². The molecule has 3 nitrogen and oxygen atoms in total. The summed E-state index contributed by atoms with van der Waals surface area (Å²) < 4.78 is 0. The van der Waals surface area contributed by atoms with Crippen LogP contribution in [0.3, 0.4) is 0 Å². The van der Waals surface area contributed by atoms with Crippen LogP contribution in [-0.4, -0.2) is 11.1 Å². The average Bonchev–Trinajstić information content (AvgIpc) is 2.47. The van der Waals surface area contributed by atoms with Crippen LogP contribution >= 0.6 is 0 Å². The average molecular weight is 185 g/mol. The summed E-state index contributed by atoms with van der Waals surface area (Å²) >= 11 is 0. The highest BCUT2D eigenvalue weighted by molar-refractivity contribution is 6.23. The van der Waals surface area contributed by atoms with Crippen LogP contribution in [0.2, 0.25) is 0 Å². The second kappa shape index (κ2) is 2.33. The van der Waals surface area contributed by atoms with E-state index in [-0.39, 0.29) is 5.91 Å². The van der Waals surface area contributed by atoms with Gasteiger partial charge in [0.1, 0.15) is 0 Å². The van der Waals surface area contributed by atoms with Crippen molar-refractivity contribution >= 4 is 22.4 Å². The normalized spacial score (nSPS) is 14.1. The first-order valence-electron chi connectivity index (χ1n) is 4.34. The first-order valence-corrected chi connectivity index (χ1v) is 4.34. The number of anilines is 1. The van der Waals surface area contributed by atoms with Crippen LogP contribution in [-0.2, 0) is 0 Å². The van der Waals surface area contributed by atoms with Crippen molar-refractivity contribution in [2.45, 2.75) is 0 Å². The van der Waals surface area contributed by atoms with Crippen molar-refractivity contribution in [1.82, 2.24) is 0 Å². The van der Waals surface area contributed by atoms with Gasteiger partial charge in [-0.25, -0.2) is 0 Å². The van der Waals surface area contributed by atoms with Crippen LogP contribution in [0.1, 0.15) is 10.4 Å². The van der Waals surface area contributed by atoms with Gasteiger partial charge in [-0.15, -0.1) is 0 Å². The molecule has 3 heteroatoms. The Hall–Kier alpha value is -1.87. The van der Waals surface area contributed by atoms with Gasteiger partial charge in [0.25, 0.3) is 5.91 Å². The Labute approximate surface area is 80.1 Å². The van der Waals surface area contributed by atoms with Crippen LogP contribution < -0.4 is 5.06 Å². The number of nitrogens with zero attached hydrogens (tertiary/aromatic N) is 1. The molecule has 0 unspecified atom stereocenters. The number of hydrogen-bond acceptors (Lipinski definition) is 2. The molecule has 0 saturated carbocycles. The third-order valence-corrected chi connectivity index (χ3v) is 2.53. The first-order chi connectivity index (χ1) is 6.79. The first kappa shape index (κ1) is 7.53. The van der Waals surface area contributed by atoms with Gasteiger partial charge in [-0.05, 0) is 17.5 Å². The molecule has 0 aromatic heterocycles. The lowest BCUT2D eigenvalue weighted by atomic mass is 10.1. The second-order valence-corrected chi connectivity index (χ2v) is 3.30. The summed E-state index contributed by atoms with van der Waals surface area (Å²) in [6.07, 6.45) is 0. The van der Waals surface area contributed by atoms with Crippen LogP contribution in [0.4, 0.5) is 5.69 Å². The van der Waals surface area contributed by atoms with E-state index >= 15 is 0 Å². The molecule has 1 amide bonds. The molecule has 3 rings (SSSR count). The summed E-state index contributed by atoms with van der Waals surface area (Å²) in [5.41, 5.74) is 1.14. The number of carbonyl (C=O) groups excluding carboxylic acids is 1. The van der Waals surface area contributed by atoms with E-state index in [0.717, 1.165) is 10.8 Å². The molecule has 2 aromatic rings. The molecule has 1 aliphatic rings. The number of hydrogen-bond donors (Lipinski definition) is 1. The van der Waals surface area contributed by atoms with Gasteiger partial charge in [-0.3, -0.25) is 10.0 Å². The maximum atomic E-state index is 11.6. The van der Waals surface area contributed by atoms with Gasteiger partial charge in [0.2, 0.25) is 0 Å². The lowest BCUT2D eigenvalue weighted by Crippen LogP contribution is -2.21. The molecule has 0 atom stereocenters. The Morgan fingerprint density at radius 2 is 1.79 bits per heavy atom. The lowest BCUT2D eigenvalue weighted by Gasteiger charge is -2.06. The summed E-state index contributed by atoms with van der Waals surface area (Å²) in [5, 5.41) is 12.0. The Kier molecular flexibility index (Phi) is 1.25. The zero-order valence-electron chi connectivity index (χ0n) is 7.27. The highest BCUT2D eigenvalue weighted by atomic mass is 16.5. The molecule has 68 valence electrons. The van der Waals surface area contributed by atoms with Crippen molar-refractivity contribution in [3.8, 4) is 0 Å². The molecule has 0 aliphatic carbocycles. The van der Waals surface area contributed by atoms with Gasteiger partial charge >= 0.3 is 0 Å². The van der Waals surface area contributed by atoms with Crippen molar-refractivity contribution in [1.29, 1.82) is 0 Å². The maximum Gasteiger partial charge on any atom is 0.282 e. The molecule has 1 heterocycles. The van der Waals surface area contributed by atoms with E-state index in [1.54, 1.807) is 12.1 Å². The fourth-order valence-electron chi connectivity index (χ4n) is 1.90. The zero-order valence-corrected chi connectivity index (χ0v) is 7.27. The van der Waals surface area contributed by atoms with Crippen LogP contribution in [0, 0.1) is 0 Å². The lowest BCUT2D eigenvalue weighted by molar-refractivity contribution is 0.0866. The predicted octanol–water partition coefficient (Wildman–Crippen LogP) is 2.19. The minimum Gasteiger partial charge on any atom is -0.281 e. The predicted molar refractivity (Wildman–Crippen MR) is 52.5 cm³/mol. The summed E-state index contributed by atoms with van der Waals surface area (Å²) in [4.78, 5) is 11.6. The van der Waals surface area contributed by atoms with E-state index in [1.165, 1.54) is 0 Å². The SMILES string of the molecule is O=C1c2cccc3cccc(c23)N1O. The summed E-state index contributed by atoms with van der Waals surface area (Å²) in [6.45, 7) is 0. The number of rotatable bonds is 0. The number of benzene rings is 2. The summed E-state index contributed by atoms with van der Waals surface area (Å²) in [7, 11) is 0. The minimum atomic E-state index is -0.350. The van der Waals surface area contributed by atoms with E-state index in [9.17, 15) is 10.0 Å². The minimum absolute atomic E-state index is 0.350. The van der Waals surface area contributed by atoms with E-state index in [1.807, 2.05) is 24.3 Å². The molecule has 1 N–H and O–H groups in total. The van der Waals surface area contributed by atoms with E-state index < -0.39 is 0 Å². The standard InChI is InChI=1S/C11H7NO2/c13-11-8-5-1-3-7-4-2-6-9(10(7)8)12(11)14/h1-6,14H. The second-order valence-electron chi connectivity index (χ2n) is 3.30. The van der Waals surface area contributed by atoms with Gasteiger partial charge in [-0.2, -0.15) is 5.06 Å². The third-order valence-electron chi connectivity index (χ3n) is 2.53. The molecular formula is C11H7NO2. The molecule has 0 radical (unpaired) electrons. The molecule has 0 fully saturated rings. The van der Waals surface area contributed by atoms with E-state index in [2.05, 4.69) is 0 Å². The Morgan fingerprint density at radius 1 is 1.07 bits per heavy atom. The molecule has 14 heavy (non-hydrogen) atoms. The zero-order chi connectivity index (χ0) is 9.71. The fourth-order valence-corrected chi connectivity index (χ4v) is 1.90. The van der Waals surface area contributed by atoms with Crippen molar-refractivity contribution in [3.63, 3.8) is 0 Å². The highest BCUT2D eigenvalue weighted by Crippen LogP contribution is 2.35. The van der Waals surface area contributed by atoms with Crippen LogP contribution in [0.5, 0.6) is 0 Å².